The van der Waals surface area contributed by atoms with E-state index in [9.17, 15) is 0 Å². The molecule has 1 aliphatic carbocycles. The minimum atomic E-state index is 0.954. The zero-order chi connectivity index (χ0) is 13.5. The number of rotatable bonds is 9. The highest BCUT2D eigenvalue weighted by Crippen LogP contribution is 2.30. The van der Waals surface area contributed by atoms with Crippen molar-refractivity contribution >= 4 is 5.82 Å². The van der Waals surface area contributed by atoms with Crippen LogP contribution < -0.4 is 5.32 Å². The number of hydrogen-bond acceptors (Lipinski definition) is 3. The van der Waals surface area contributed by atoms with Gasteiger partial charge in [-0.05, 0) is 44.2 Å². The van der Waals surface area contributed by atoms with Gasteiger partial charge in [-0.25, -0.2) is 4.98 Å². The molecule has 0 atom stereocenters. The maximum Gasteiger partial charge on any atom is 0.130 e. The van der Waals surface area contributed by atoms with Gasteiger partial charge in [-0.15, -0.1) is 0 Å². The van der Waals surface area contributed by atoms with E-state index < -0.39 is 0 Å². The summed E-state index contributed by atoms with van der Waals surface area (Å²) in [6, 6.07) is 4.26. The summed E-state index contributed by atoms with van der Waals surface area (Å²) >= 11 is 0. The molecule has 1 heterocycles. The van der Waals surface area contributed by atoms with Crippen molar-refractivity contribution in [2.75, 3.05) is 25.0 Å². The van der Waals surface area contributed by atoms with Crippen LogP contribution in [0.5, 0.6) is 0 Å². The van der Waals surface area contributed by atoms with Crippen LogP contribution in [-0.2, 0) is 6.54 Å². The van der Waals surface area contributed by atoms with Crippen molar-refractivity contribution in [3.05, 3.63) is 23.9 Å². The predicted octanol–water partition coefficient (Wildman–Crippen LogP) is 3.53. The summed E-state index contributed by atoms with van der Waals surface area (Å²) in [5.74, 6) is 2.02. The quantitative estimate of drug-likeness (QED) is 0.737. The Hall–Kier alpha value is -1.09. The third-order valence-corrected chi connectivity index (χ3v) is 3.58. The van der Waals surface area contributed by atoms with Crippen molar-refractivity contribution in [2.24, 2.45) is 5.92 Å². The van der Waals surface area contributed by atoms with Gasteiger partial charge in [-0.2, -0.15) is 0 Å². The number of hydrogen-bond donors (Lipinski definition) is 1. The summed E-state index contributed by atoms with van der Waals surface area (Å²) < 4.78 is 0. The molecule has 106 valence electrons. The second-order valence-electron chi connectivity index (χ2n) is 5.62. The van der Waals surface area contributed by atoms with Crippen LogP contribution in [0.4, 0.5) is 5.82 Å². The third-order valence-electron chi connectivity index (χ3n) is 3.58. The molecule has 0 spiro atoms. The van der Waals surface area contributed by atoms with E-state index in [2.05, 4.69) is 35.1 Å². The Morgan fingerprint density at radius 2 is 2.16 bits per heavy atom. The van der Waals surface area contributed by atoms with Crippen molar-refractivity contribution in [2.45, 2.75) is 46.1 Å². The lowest BCUT2D eigenvalue weighted by molar-refractivity contribution is 0.255. The van der Waals surface area contributed by atoms with E-state index >= 15 is 0 Å². The zero-order valence-electron chi connectivity index (χ0n) is 12.4. The minimum absolute atomic E-state index is 0.954. The van der Waals surface area contributed by atoms with Crippen molar-refractivity contribution < 1.29 is 0 Å². The molecule has 1 aromatic heterocycles. The van der Waals surface area contributed by atoms with E-state index in [1.165, 1.54) is 37.9 Å². The van der Waals surface area contributed by atoms with Crippen LogP contribution in [0.3, 0.4) is 0 Å². The van der Waals surface area contributed by atoms with Crippen molar-refractivity contribution in [3.63, 3.8) is 0 Å². The van der Waals surface area contributed by atoms with Gasteiger partial charge in [-0.1, -0.05) is 19.9 Å². The molecule has 1 aliphatic rings. The van der Waals surface area contributed by atoms with Crippen LogP contribution in [-0.4, -0.2) is 29.5 Å². The van der Waals surface area contributed by atoms with Gasteiger partial charge in [0.05, 0.1) is 0 Å². The molecule has 0 unspecified atom stereocenters. The van der Waals surface area contributed by atoms with Gasteiger partial charge in [0.25, 0.3) is 0 Å². The van der Waals surface area contributed by atoms with Crippen LogP contribution in [0.1, 0.15) is 45.1 Å². The summed E-state index contributed by atoms with van der Waals surface area (Å²) in [4.78, 5) is 7.08. The summed E-state index contributed by atoms with van der Waals surface area (Å²) in [6.07, 6.45) is 7.09. The average Bonchev–Trinajstić information content (AvgIpc) is 3.22. The fourth-order valence-corrected chi connectivity index (χ4v) is 2.43. The molecule has 0 saturated heterocycles. The van der Waals surface area contributed by atoms with Gasteiger partial charge in [0.15, 0.2) is 0 Å². The van der Waals surface area contributed by atoms with Crippen LogP contribution in [0, 0.1) is 5.92 Å². The Balaban J connectivity index is 1.97. The van der Waals surface area contributed by atoms with Crippen molar-refractivity contribution in [3.8, 4) is 0 Å². The molecule has 0 aliphatic heterocycles. The van der Waals surface area contributed by atoms with Crippen LogP contribution in [0.25, 0.3) is 0 Å². The minimum Gasteiger partial charge on any atom is -0.370 e. The molecule has 0 radical (unpaired) electrons. The first kappa shape index (κ1) is 14.3. The highest BCUT2D eigenvalue weighted by Gasteiger charge is 2.24. The summed E-state index contributed by atoms with van der Waals surface area (Å²) in [7, 11) is 0. The Bertz CT molecular complexity index is 374. The van der Waals surface area contributed by atoms with E-state index in [0.717, 1.165) is 31.2 Å². The first-order valence-corrected chi connectivity index (χ1v) is 7.73. The molecule has 0 aromatic carbocycles. The molecule has 3 nitrogen and oxygen atoms in total. The summed E-state index contributed by atoms with van der Waals surface area (Å²) in [6.45, 7) is 8.94. The summed E-state index contributed by atoms with van der Waals surface area (Å²) in [5.41, 5.74) is 1.34. The molecule has 19 heavy (non-hydrogen) atoms. The first-order chi connectivity index (χ1) is 9.33. The fraction of sp³-hybridized carbons (Fsp3) is 0.688. The second-order valence-corrected chi connectivity index (χ2v) is 5.62. The van der Waals surface area contributed by atoms with Gasteiger partial charge in [0, 0.05) is 31.4 Å². The van der Waals surface area contributed by atoms with E-state index in [1.54, 1.807) is 0 Å². The SMILES string of the molecule is CCCNc1ncccc1CN(CCC)CC1CC1. The number of pyridine rings is 1. The largest absolute Gasteiger partial charge is 0.370 e. The van der Waals surface area contributed by atoms with Crippen LogP contribution in [0.15, 0.2) is 18.3 Å². The monoisotopic (exact) mass is 261 g/mol. The topological polar surface area (TPSA) is 28.2 Å². The van der Waals surface area contributed by atoms with Gasteiger partial charge in [0.1, 0.15) is 5.82 Å². The highest BCUT2D eigenvalue weighted by molar-refractivity contribution is 5.43. The molecule has 1 saturated carbocycles. The Morgan fingerprint density at radius 3 is 2.84 bits per heavy atom. The van der Waals surface area contributed by atoms with Gasteiger partial charge in [-0.3, -0.25) is 4.90 Å². The lowest BCUT2D eigenvalue weighted by atomic mass is 10.2. The molecular formula is C16H27N3. The molecular weight excluding hydrogens is 234 g/mol. The standard InChI is InChI=1S/C16H27N3/c1-3-9-17-16-15(6-5-10-18-16)13-19(11-4-2)12-14-7-8-14/h5-6,10,14H,3-4,7-9,11-13H2,1-2H3,(H,17,18). The second kappa shape index (κ2) is 7.49. The molecule has 2 rings (SSSR count). The molecule has 1 aromatic rings. The third kappa shape index (κ3) is 4.83. The summed E-state index contributed by atoms with van der Waals surface area (Å²) in [5, 5.41) is 3.44. The predicted molar refractivity (Wildman–Crippen MR) is 81.3 cm³/mol. The number of nitrogens with zero attached hydrogens (tertiary/aromatic N) is 2. The van der Waals surface area contributed by atoms with Gasteiger partial charge >= 0.3 is 0 Å². The van der Waals surface area contributed by atoms with Gasteiger partial charge < -0.3 is 5.32 Å². The highest BCUT2D eigenvalue weighted by atomic mass is 15.1. The molecule has 1 fully saturated rings. The van der Waals surface area contributed by atoms with E-state index in [0.29, 0.717) is 0 Å². The number of aromatic nitrogens is 1. The lowest BCUT2D eigenvalue weighted by Crippen LogP contribution is -2.27. The molecule has 0 bridgehead atoms. The van der Waals surface area contributed by atoms with Crippen molar-refractivity contribution in [1.82, 2.24) is 9.88 Å². The van der Waals surface area contributed by atoms with Crippen LogP contribution in [0.2, 0.25) is 0 Å². The smallest absolute Gasteiger partial charge is 0.130 e. The Labute approximate surface area is 117 Å². The molecule has 3 heteroatoms. The molecule has 0 amide bonds. The Morgan fingerprint density at radius 1 is 1.32 bits per heavy atom. The van der Waals surface area contributed by atoms with Crippen LogP contribution >= 0.6 is 0 Å². The molecule has 1 N–H and O–H groups in total. The average molecular weight is 261 g/mol. The normalized spacial score (nSPS) is 14.9. The maximum absolute atomic E-state index is 4.49. The fourth-order valence-electron chi connectivity index (χ4n) is 2.43. The number of anilines is 1. The van der Waals surface area contributed by atoms with E-state index in [1.807, 2.05) is 12.3 Å². The van der Waals surface area contributed by atoms with E-state index in [-0.39, 0.29) is 0 Å². The zero-order valence-corrected chi connectivity index (χ0v) is 12.4. The maximum atomic E-state index is 4.49. The Kier molecular flexibility index (Phi) is 5.64. The van der Waals surface area contributed by atoms with E-state index in [4.69, 9.17) is 0 Å². The van der Waals surface area contributed by atoms with Crippen molar-refractivity contribution in [1.29, 1.82) is 0 Å². The first-order valence-electron chi connectivity index (χ1n) is 7.73. The van der Waals surface area contributed by atoms with Gasteiger partial charge in [0.2, 0.25) is 0 Å². The lowest BCUT2D eigenvalue weighted by Gasteiger charge is -2.22. The number of nitrogens with one attached hydrogen (secondary N) is 1.